The Balaban J connectivity index is 2.86. The molecule has 1 aromatic carbocycles. The molecule has 0 aliphatic carbocycles. The first kappa shape index (κ1) is 15.5. The average molecular weight is 285 g/mol. The van der Waals surface area contributed by atoms with Gasteiger partial charge in [0.1, 0.15) is 5.75 Å². The van der Waals surface area contributed by atoms with Crippen LogP contribution in [0.3, 0.4) is 0 Å². The zero-order valence-corrected chi connectivity index (χ0v) is 10.8. The van der Waals surface area contributed by atoms with Crippen molar-refractivity contribution in [2.24, 2.45) is 10.8 Å². The molecule has 1 rings (SSSR count). The second-order valence-electron chi connectivity index (χ2n) is 3.93. The van der Waals surface area contributed by atoms with Gasteiger partial charge in [0.2, 0.25) is 0 Å². The summed E-state index contributed by atoms with van der Waals surface area (Å²) in [5.74, 6) is -2.11. The first-order valence-corrected chi connectivity index (χ1v) is 5.50. The quantitative estimate of drug-likeness (QED) is 0.487. The molecule has 3 N–H and O–H groups in total. The van der Waals surface area contributed by atoms with Gasteiger partial charge in [0, 0.05) is 0 Å². The maximum Gasteiger partial charge on any atom is 0.387 e. The van der Waals surface area contributed by atoms with E-state index in [2.05, 4.69) is 9.84 Å². The lowest BCUT2D eigenvalue weighted by Crippen LogP contribution is -2.32. The molecule has 0 unspecified atom stereocenters. The number of nitrogens with two attached hydrogens (primary N) is 1. The predicted octanol–water partition coefficient (Wildman–Crippen LogP) is 0.840. The highest BCUT2D eigenvalue weighted by Crippen LogP contribution is 2.25. The van der Waals surface area contributed by atoms with Gasteiger partial charge in [-0.25, -0.2) is 5.43 Å². The Hall–Kier alpha value is -2.51. The van der Waals surface area contributed by atoms with Crippen LogP contribution in [0.25, 0.3) is 0 Å². The number of hydrogen-bond donors (Lipinski definition) is 2. The number of rotatable bonds is 4. The standard InChI is InChI=1S/C12H13F2N3O3/c1-6-3-8(5-16-17-11(19)10(15)18)4-7(2)9(6)20-12(13)14/h3-5,12H,1-2H3,(H2,15,18)(H,17,19)/b16-5-. The zero-order valence-electron chi connectivity index (χ0n) is 10.8. The molecule has 0 radical (unpaired) electrons. The van der Waals surface area contributed by atoms with Crippen molar-refractivity contribution in [3.8, 4) is 5.75 Å². The number of primary amides is 1. The van der Waals surface area contributed by atoms with Crippen LogP contribution in [-0.4, -0.2) is 24.6 Å². The molecule has 20 heavy (non-hydrogen) atoms. The Morgan fingerprint density at radius 3 is 2.35 bits per heavy atom. The number of nitrogens with zero attached hydrogens (tertiary/aromatic N) is 1. The average Bonchev–Trinajstić information content (AvgIpc) is 2.33. The molecule has 0 aliphatic heterocycles. The van der Waals surface area contributed by atoms with E-state index in [1.807, 2.05) is 5.43 Å². The number of amides is 2. The predicted molar refractivity (Wildman–Crippen MR) is 67.5 cm³/mol. The van der Waals surface area contributed by atoms with E-state index in [0.29, 0.717) is 16.7 Å². The molecule has 6 nitrogen and oxygen atoms in total. The van der Waals surface area contributed by atoms with Gasteiger partial charge in [-0.15, -0.1) is 0 Å². The zero-order chi connectivity index (χ0) is 15.3. The molecule has 0 bridgehead atoms. The van der Waals surface area contributed by atoms with E-state index in [1.165, 1.54) is 6.21 Å². The molecule has 0 heterocycles. The molecule has 0 saturated heterocycles. The molecule has 0 saturated carbocycles. The summed E-state index contributed by atoms with van der Waals surface area (Å²) in [7, 11) is 0. The Kier molecular flexibility index (Phi) is 5.13. The second kappa shape index (κ2) is 6.60. The van der Waals surface area contributed by atoms with E-state index < -0.39 is 18.4 Å². The van der Waals surface area contributed by atoms with Crippen LogP contribution in [0.2, 0.25) is 0 Å². The molecule has 2 amide bonds. The third kappa shape index (κ3) is 4.30. The van der Waals surface area contributed by atoms with Gasteiger partial charge in [0.15, 0.2) is 0 Å². The number of hydrazone groups is 1. The summed E-state index contributed by atoms with van der Waals surface area (Å²) in [4.78, 5) is 21.3. The largest absolute Gasteiger partial charge is 0.434 e. The molecule has 0 spiro atoms. The second-order valence-corrected chi connectivity index (χ2v) is 3.93. The van der Waals surface area contributed by atoms with E-state index >= 15 is 0 Å². The van der Waals surface area contributed by atoms with Gasteiger partial charge < -0.3 is 10.5 Å². The first-order chi connectivity index (χ1) is 9.31. The fourth-order valence-corrected chi connectivity index (χ4v) is 1.55. The summed E-state index contributed by atoms with van der Waals surface area (Å²) in [5, 5.41) is 3.52. The molecular weight excluding hydrogens is 272 g/mol. The highest BCUT2D eigenvalue weighted by molar-refractivity contribution is 6.34. The van der Waals surface area contributed by atoms with Gasteiger partial charge in [-0.05, 0) is 42.7 Å². The fourth-order valence-electron chi connectivity index (χ4n) is 1.55. The van der Waals surface area contributed by atoms with Gasteiger partial charge >= 0.3 is 18.4 Å². The number of carbonyl (C=O) groups excluding carboxylic acids is 2. The van der Waals surface area contributed by atoms with E-state index in [0.717, 1.165) is 0 Å². The summed E-state index contributed by atoms with van der Waals surface area (Å²) in [6.07, 6.45) is 1.26. The Morgan fingerprint density at radius 2 is 1.90 bits per heavy atom. The van der Waals surface area contributed by atoms with Crippen LogP contribution in [-0.2, 0) is 9.59 Å². The number of carbonyl (C=O) groups is 2. The van der Waals surface area contributed by atoms with Crippen LogP contribution in [0.15, 0.2) is 17.2 Å². The molecule has 0 aliphatic rings. The summed E-state index contributed by atoms with van der Waals surface area (Å²) < 4.78 is 28.8. The summed E-state index contributed by atoms with van der Waals surface area (Å²) >= 11 is 0. The van der Waals surface area contributed by atoms with Crippen LogP contribution < -0.4 is 15.9 Å². The third-order valence-corrected chi connectivity index (χ3v) is 2.29. The smallest absolute Gasteiger partial charge is 0.387 e. The number of halogens is 2. The van der Waals surface area contributed by atoms with Crippen molar-refractivity contribution in [3.05, 3.63) is 28.8 Å². The van der Waals surface area contributed by atoms with Crippen molar-refractivity contribution in [2.75, 3.05) is 0 Å². The minimum absolute atomic E-state index is 0.0957. The van der Waals surface area contributed by atoms with Crippen molar-refractivity contribution in [2.45, 2.75) is 20.5 Å². The van der Waals surface area contributed by atoms with Crippen molar-refractivity contribution < 1.29 is 23.1 Å². The molecule has 0 atom stereocenters. The van der Waals surface area contributed by atoms with Crippen LogP contribution in [0, 0.1) is 13.8 Å². The lowest BCUT2D eigenvalue weighted by Gasteiger charge is -2.11. The minimum Gasteiger partial charge on any atom is -0.434 e. The Morgan fingerprint density at radius 1 is 1.35 bits per heavy atom. The van der Waals surface area contributed by atoms with Gasteiger partial charge in [0.05, 0.1) is 6.21 Å². The number of benzene rings is 1. The van der Waals surface area contributed by atoms with Crippen molar-refractivity contribution in [3.63, 3.8) is 0 Å². The van der Waals surface area contributed by atoms with Crippen LogP contribution >= 0.6 is 0 Å². The molecule has 1 aromatic rings. The lowest BCUT2D eigenvalue weighted by atomic mass is 10.1. The number of hydrogen-bond acceptors (Lipinski definition) is 4. The highest BCUT2D eigenvalue weighted by atomic mass is 19.3. The minimum atomic E-state index is -2.90. The third-order valence-electron chi connectivity index (χ3n) is 2.29. The van der Waals surface area contributed by atoms with Gasteiger partial charge in [-0.3, -0.25) is 9.59 Å². The SMILES string of the molecule is Cc1cc(/C=N\NC(=O)C(N)=O)cc(C)c1OC(F)F. The van der Waals surface area contributed by atoms with E-state index in [-0.39, 0.29) is 5.75 Å². The lowest BCUT2D eigenvalue weighted by molar-refractivity contribution is -0.137. The normalized spacial score (nSPS) is 10.8. The van der Waals surface area contributed by atoms with E-state index in [1.54, 1.807) is 26.0 Å². The molecule has 0 aromatic heterocycles. The molecule has 108 valence electrons. The van der Waals surface area contributed by atoms with Gasteiger partial charge in [0.25, 0.3) is 0 Å². The van der Waals surface area contributed by atoms with Crippen molar-refractivity contribution in [1.29, 1.82) is 0 Å². The summed E-state index contributed by atoms with van der Waals surface area (Å²) in [5.41, 5.74) is 8.17. The molecule has 8 heteroatoms. The number of nitrogens with one attached hydrogen (secondary N) is 1. The van der Waals surface area contributed by atoms with Gasteiger partial charge in [-0.1, -0.05) is 0 Å². The maximum absolute atomic E-state index is 12.2. The first-order valence-electron chi connectivity index (χ1n) is 5.50. The Labute approximate surface area is 113 Å². The van der Waals surface area contributed by atoms with E-state index in [9.17, 15) is 18.4 Å². The van der Waals surface area contributed by atoms with Crippen LogP contribution in [0.4, 0.5) is 8.78 Å². The Bertz CT molecular complexity index is 536. The van der Waals surface area contributed by atoms with Crippen molar-refractivity contribution in [1.82, 2.24) is 5.43 Å². The maximum atomic E-state index is 12.2. The van der Waals surface area contributed by atoms with E-state index in [4.69, 9.17) is 5.73 Å². The number of alkyl halides is 2. The van der Waals surface area contributed by atoms with Crippen LogP contribution in [0.5, 0.6) is 5.75 Å². The fraction of sp³-hybridized carbons (Fsp3) is 0.250. The van der Waals surface area contributed by atoms with Gasteiger partial charge in [-0.2, -0.15) is 13.9 Å². The highest BCUT2D eigenvalue weighted by Gasteiger charge is 2.11. The van der Waals surface area contributed by atoms with Crippen molar-refractivity contribution >= 4 is 18.0 Å². The molecular formula is C12H13F2N3O3. The van der Waals surface area contributed by atoms with Crippen LogP contribution in [0.1, 0.15) is 16.7 Å². The number of aryl methyl sites for hydroxylation is 2. The number of ether oxygens (including phenoxy) is 1. The monoisotopic (exact) mass is 285 g/mol. The molecule has 0 fully saturated rings. The summed E-state index contributed by atoms with van der Waals surface area (Å²) in [6, 6.07) is 3.09. The topological polar surface area (TPSA) is 93.8 Å². The summed E-state index contributed by atoms with van der Waals surface area (Å²) in [6.45, 7) is 0.301.